The van der Waals surface area contributed by atoms with Crippen molar-refractivity contribution in [3.05, 3.63) is 0 Å². The Hall–Kier alpha value is 0.160. The van der Waals surface area contributed by atoms with Crippen LogP contribution in [0.5, 0.6) is 0 Å². The van der Waals surface area contributed by atoms with E-state index in [-0.39, 0.29) is 12.4 Å². The molecule has 0 aliphatic heterocycles. The van der Waals surface area contributed by atoms with Crippen LogP contribution < -0.4 is 10.0 Å². The van der Waals surface area contributed by atoms with Crippen LogP contribution in [-0.4, -0.2) is 34.3 Å². The summed E-state index contributed by atoms with van der Waals surface area (Å²) in [5.74, 6) is 0.974. The van der Waals surface area contributed by atoms with E-state index in [0.29, 0.717) is 24.8 Å². The Labute approximate surface area is 92.3 Å². The summed E-state index contributed by atoms with van der Waals surface area (Å²) in [6.07, 6.45) is 3.26. The Morgan fingerprint density at radius 2 is 1.93 bits per heavy atom. The molecule has 1 fully saturated rings. The highest BCUT2D eigenvalue weighted by atomic mass is 35.5. The molecule has 0 aromatic heterocycles. The molecule has 0 atom stereocenters. The Morgan fingerprint density at radius 3 is 2.43 bits per heavy atom. The van der Waals surface area contributed by atoms with E-state index < -0.39 is 10.0 Å². The van der Waals surface area contributed by atoms with Gasteiger partial charge < -0.3 is 5.32 Å². The van der Waals surface area contributed by atoms with Gasteiger partial charge in [-0.15, -0.1) is 12.4 Å². The zero-order valence-electron chi connectivity index (χ0n) is 8.45. The molecule has 0 unspecified atom stereocenters. The van der Waals surface area contributed by atoms with Gasteiger partial charge in [0.25, 0.3) is 0 Å². The molecule has 6 heteroatoms. The lowest BCUT2D eigenvalue weighted by atomic mass is 10.3. The van der Waals surface area contributed by atoms with Crippen LogP contribution in [-0.2, 0) is 10.0 Å². The molecule has 0 aromatic rings. The smallest absolute Gasteiger partial charge is 0.211 e. The van der Waals surface area contributed by atoms with Crippen molar-refractivity contribution < 1.29 is 8.42 Å². The van der Waals surface area contributed by atoms with Crippen LogP contribution in [0.4, 0.5) is 0 Å². The molecule has 4 nitrogen and oxygen atoms in total. The van der Waals surface area contributed by atoms with Gasteiger partial charge in [0.2, 0.25) is 10.0 Å². The maximum Gasteiger partial charge on any atom is 0.211 e. The molecule has 0 saturated heterocycles. The number of nitrogens with one attached hydrogen (secondary N) is 2. The first kappa shape index (κ1) is 14.2. The molecule has 0 amide bonds. The Morgan fingerprint density at radius 1 is 1.29 bits per heavy atom. The molecular formula is C8H19ClN2O2S. The van der Waals surface area contributed by atoms with Gasteiger partial charge in [-0.25, -0.2) is 13.1 Å². The second kappa shape index (κ2) is 6.61. The molecule has 0 aromatic carbocycles. The van der Waals surface area contributed by atoms with Gasteiger partial charge in [-0.05, 0) is 19.4 Å². The van der Waals surface area contributed by atoms with E-state index >= 15 is 0 Å². The van der Waals surface area contributed by atoms with Crippen LogP contribution in [0.3, 0.4) is 0 Å². The van der Waals surface area contributed by atoms with Crippen molar-refractivity contribution in [2.45, 2.75) is 19.3 Å². The molecule has 86 valence electrons. The first-order valence-corrected chi connectivity index (χ1v) is 6.41. The predicted octanol–water partition coefficient (Wildman–Crippen LogP) is 0.347. The molecule has 1 aliphatic rings. The van der Waals surface area contributed by atoms with Crippen LogP contribution >= 0.6 is 12.4 Å². The molecule has 1 saturated carbocycles. The van der Waals surface area contributed by atoms with Crippen LogP contribution in [0.2, 0.25) is 0 Å². The Balaban J connectivity index is 0.00000169. The molecule has 2 N–H and O–H groups in total. The summed E-state index contributed by atoms with van der Waals surface area (Å²) in [6.45, 7) is 1.17. The molecule has 1 rings (SSSR count). The SMILES string of the molecule is CNCCNS(=O)(=O)CCC1CC1.Cl. The monoisotopic (exact) mass is 242 g/mol. The van der Waals surface area contributed by atoms with Gasteiger partial charge in [0.15, 0.2) is 0 Å². The number of sulfonamides is 1. The lowest BCUT2D eigenvalue weighted by molar-refractivity contribution is 0.574. The van der Waals surface area contributed by atoms with Gasteiger partial charge in [0, 0.05) is 13.1 Å². The van der Waals surface area contributed by atoms with E-state index in [1.54, 1.807) is 7.05 Å². The van der Waals surface area contributed by atoms with Gasteiger partial charge in [-0.2, -0.15) is 0 Å². The van der Waals surface area contributed by atoms with Crippen LogP contribution in [0, 0.1) is 5.92 Å². The van der Waals surface area contributed by atoms with Crippen molar-refractivity contribution in [1.82, 2.24) is 10.0 Å². The van der Waals surface area contributed by atoms with Crippen LogP contribution in [0.25, 0.3) is 0 Å². The molecule has 0 bridgehead atoms. The minimum Gasteiger partial charge on any atom is -0.318 e. The van der Waals surface area contributed by atoms with Gasteiger partial charge in [0.1, 0.15) is 0 Å². The molecule has 14 heavy (non-hydrogen) atoms. The fraction of sp³-hybridized carbons (Fsp3) is 1.00. The van der Waals surface area contributed by atoms with E-state index in [0.717, 1.165) is 6.42 Å². The lowest BCUT2D eigenvalue weighted by Gasteiger charge is -2.05. The van der Waals surface area contributed by atoms with E-state index in [1.807, 2.05) is 0 Å². The van der Waals surface area contributed by atoms with E-state index in [9.17, 15) is 8.42 Å². The molecule has 1 aliphatic carbocycles. The van der Waals surface area contributed by atoms with Crippen molar-refractivity contribution in [3.63, 3.8) is 0 Å². The van der Waals surface area contributed by atoms with Gasteiger partial charge >= 0.3 is 0 Å². The Kier molecular flexibility index (Phi) is 6.68. The highest BCUT2D eigenvalue weighted by molar-refractivity contribution is 7.89. The summed E-state index contributed by atoms with van der Waals surface area (Å²) in [7, 11) is -1.19. The first-order valence-electron chi connectivity index (χ1n) is 4.76. The average molecular weight is 243 g/mol. The van der Waals surface area contributed by atoms with Crippen molar-refractivity contribution in [1.29, 1.82) is 0 Å². The second-order valence-corrected chi connectivity index (χ2v) is 5.48. The molecular weight excluding hydrogens is 224 g/mol. The largest absolute Gasteiger partial charge is 0.318 e. The highest BCUT2D eigenvalue weighted by Crippen LogP contribution is 2.32. The van der Waals surface area contributed by atoms with Crippen molar-refractivity contribution in [2.75, 3.05) is 25.9 Å². The van der Waals surface area contributed by atoms with E-state index in [4.69, 9.17) is 0 Å². The fourth-order valence-corrected chi connectivity index (χ4v) is 2.33. The fourth-order valence-electron chi connectivity index (χ4n) is 1.13. The van der Waals surface area contributed by atoms with E-state index in [2.05, 4.69) is 10.0 Å². The van der Waals surface area contributed by atoms with Crippen LogP contribution in [0.1, 0.15) is 19.3 Å². The van der Waals surface area contributed by atoms with Crippen molar-refractivity contribution >= 4 is 22.4 Å². The maximum atomic E-state index is 11.3. The highest BCUT2D eigenvalue weighted by Gasteiger charge is 2.23. The Bertz CT molecular complexity index is 240. The topological polar surface area (TPSA) is 58.2 Å². The zero-order chi connectivity index (χ0) is 9.73. The minimum absolute atomic E-state index is 0. The third-order valence-corrected chi connectivity index (χ3v) is 3.61. The maximum absolute atomic E-state index is 11.3. The third kappa shape index (κ3) is 6.59. The number of hydrogen-bond acceptors (Lipinski definition) is 3. The number of rotatable bonds is 7. The summed E-state index contributed by atoms with van der Waals surface area (Å²) >= 11 is 0. The number of likely N-dealkylation sites (N-methyl/N-ethyl adjacent to an activating group) is 1. The normalized spacial score (nSPS) is 16.4. The molecule has 0 heterocycles. The summed E-state index contributed by atoms with van der Waals surface area (Å²) in [6, 6.07) is 0. The first-order chi connectivity index (χ1) is 6.14. The summed E-state index contributed by atoms with van der Waals surface area (Å²) in [4.78, 5) is 0. The van der Waals surface area contributed by atoms with Gasteiger partial charge in [0.05, 0.1) is 5.75 Å². The molecule has 0 spiro atoms. The van der Waals surface area contributed by atoms with Gasteiger partial charge in [-0.3, -0.25) is 0 Å². The van der Waals surface area contributed by atoms with Crippen LogP contribution in [0.15, 0.2) is 0 Å². The molecule has 0 radical (unpaired) electrons. The summed E-state index contributed by atoms with van der Waals surface area (Å²) in [5, 5.41) is 2.89. The van der Waals surface area contributed by atoms with Gasteiger partial charge in [-0.1, -0.05) is 12.8 Å². The van der Waals surface area contributed by atoms with Crippen molar-refractivity contribution in [3.8, 4) is 0 Å². The predicted molar refractivity (Wildman–Crippen MR) is 60.3 cm³/mol. The minimum atomic E-state index is -3.00. The second-order valence-electron chi connectivity index (χ2n) is 3.55. The van der Waals surface area contributed by atoms with E-state index in [1.165, 1.54) is 12.8 Å². The lowest BCUT2D eigenvalue weighted by Crippen LogP contribution is -2.32. The average Bonchev–Trinajstić information content (AvgIpc) is 2.84. The number of hydrogen-bond donors (Lipinski definition) is 2. The zero-order valence-corrected chi connectivity index (χ0v) is 10.1. The number of halogens is 1. The summed E-state index contributed by atoms with van der Waals surface area (Å²) < 4.78 is 25.2. The summed E-state index contributed by atoms with van der Waals surface area (Å²) in [5.41, 5.74) is 0. The quantitative estimate of drug-likeness (QED) is 0.634. The third-order valence-electron chi connectivity index (χ3n) is 2.19. The van der Waals surface area contributed by atoms with Crippen molar-refractivity contribution in [2.24, 2.45) is 5.92 Å². The standard InChI is InChI=1S/C8H18N2O2S.ClH/c1-9-5-6-10-13(11,12)7-4-8-2-3-8;/h8-10H,2-7H2,1H3;1H.